The Bertz CT molecular complexity index is 717. The molecule has 0 saturated heterocycles. The van der Waals surface area contributed by atoms with Gasteiger partial charge in [-0.05, 0) is 42.5 Å². The maximum Gasteiger partial charge on any atom is 0.323 e. The Balaban J connectivity index is 1.87. The molecule has 2 aromatic rings. The minimum atomic E-state index is -0.381. The maximum absolute atomic E-state index is 11.9. The second-order valence-electron chi connectivity index (χ2n) is 5.19. The molecule has 3 amide bonds. The van der Waals surface area contributed by atoms with Gasteiger partial charge >= 0.3 is 6.03 Å². The van der Waals surface area contributed by atoms with Gasteiger partial charge in [0.05, 0.1) is 0 Å². The number of nitrogens with zero attached hydrogens (tertiary/aromatic N) is 1. The van der Waals surface area contributed by atoms with Gasteiger partial charge in [-0.3, -0.25) is 4.79 Å². The lowest BCUT2D eigenvalue weighted by molar-refractivity contribution is -0.130. The SMILES string of the molecule is CN(C)C(=O)COc1ccc(NC(=O)Nc2cccc(Cl)c2)cc1. The number of urea groups is 1. The molecular formula is C17H18ClN3O3. The fraction of sp³-hybridized carbons (Fsp3) is 0.176. The van der Waals surface area contributed by atoms with Gasteiger partial charge in [-0.25, -0.2) is 4.79 Å². The Kier molecular flexibility index (Phi) is 6.03. The van der Waals surface area contributed by atoms with Crippen LogP contribution >= 0.6 is 11.6 Å². The van der Waals surface area contributed by atoms with Crippen molar-refractivity contribution >= 4 is 34.9 Å². The van der Waals surface area contributed by atoms with Gasteiger partial charge < -0.3 is 20.3 Å². The van der Waals surface area contributed by atoms with Crippen LogP contribution in [0.1, 0.15) is 0 Å². The smallest absolute Gasteiger partial charge is 0.323 e. The van der Waals surface area contributed by atoms with Crippen LogP contribution in [0.2, 0.25) is 5.02 Å². The number of hydrogen-bond acceptors (Lipinski definition) is 3. The van der Waals surface area contributed by atoms with E-state index in [4.69, 9.17) is 16.3 Å². The minimum Gasteiger partial charge on any atom is -0.484 e. The van der Waals surface area contributed by atoms with E-state index in [1.165, 1.54) is 4.90 Å². The number of rotatable bonds is 5. The van der Waals surface area contributed by atoms with Crippen molar-refractivity contribution in [2.75, 3.05) is 31.3 Å². The summed E-state index contributed by atoms with van der Waals surface area (Å²) in [7, 11) is 3.33. The average Bonchev–Trinajstić information content (AvgIpc) is 2.53. The summed E-state index contributed by atoms with van der Waals surface area (Å²) in [5.41, 5.74) is 1.20. The number of carbonyl (C=O) groups excluding carboxylic acids is 2. The van der Waals surface area contributed by atoms with E-state index < -0.39 is 0 Å². The number of likely N-dealkylation sites (N-methyl/N-ethyl adjacent to an activating group) is 1. The number of ether oxygens (including phenoxy) is 1. The molecule has 0 aliphatic carbocycles. The average molecular weight is 348 g/mol. The van der Waals surface area contributed by atoms with E-state index in [2.05, 4.69) is 10.6 Å². The van der Waals surface area contributed by atoms with E-state index in [-0.39, 0.29) is 18.5 Å². The highest BCUT2D eigenvalue weighted by molar-refractivity contribution is 6.30. The lowest BCUT2D eigenvalue weighted by Gasteiger charge is -2.12. The van der Waals surface area contributed by atoms with E-state index in [0.717, 1.165) is 0 Å². The normalized spacial score (nSPS) is 9.96. The summed E-state index contributed by atoms with van der Waals surface area (Å²) >= 11 is 5.86. The summed E-state index contributed by atoms with van der Waals surface area (Å²) in [6, 6.07) is 13.2. The van der Waals surface area contributed by atoms with E-state index in [1.54, 1.807) is 62.6 Å². The van der Waals surface area contributed by atoms with E-state index in [9.17, 15) is 9.59 Å². The number of anilines is 2. The molecule has 7 heteroatoms. The molecule has 0 aromatic heterocycles. The molecule has 0 aliphatic heterocycles. The van der Waals surface area contributed by atoms with Crippen molar-refractivity contribution in [2.24, 2.45) is 0 Å². The minimum absolute atomic E-state index is 0.0327. The molecule has 2 rings (SSSR count). The highest BCUT2D eigenvalue weighted by atomic mass is 35.5. The molecular weight excluding hydrogens is 330 g/mol. The van der Waals surface area contributed by atoms with Crippen LogP contribution in [-0.2, 0) is 4.79 Å². The molecule has 0 unspecified atom stereocenters. The molecule has 0 fully saturated rings. The van der Waals surface area contributed by atoms with Crippen molar-refractivity contribution in [1.82, 2.24) is 4.90 Å². The first-order valence-corrected chi connectivity index (χ1v) is 7.58. The van der Waals surface area contributed by atoms with Crippen LogP contribution in [-0.4, -0.2) is 37.5 Å². The number of nitrogens with one attached hydrogen (secondary N) is 2. The Morgan fingerprint density at radius 2 is 1.71 bits per heavy atom. The number of carbonyl (C=O) groups is 2. The third-order valence-electron chi connectivity index (χ3n) is 3.06. The predicted octanol–water partition coefficient (Wildman–Crippen LogP) is 3.45. The van der Waals surface area contributed by atoms with Crippen LogP contribution in [0.5, 0.6) is 5.75 Å². The standard InChI is InChI=1S/C17H18ClN3O3/c1-21(2)16(22)11-24-15-8-6-13(7-9-15)19-17(23)20-14-5-3-4-12(18)10-14/h3-10H,11H2,1-2H3,(H2,19,20,23). The fourth-order valence-corrected chi connectivity index (χ4v) is 1.96. The van der Waals surface area contributed by atoms with Crippen LogP contribution in [0.25, 0.3) is 0 Å². The zero-order valence-electron chi connectivity index (χ0n) is 13.4. The monoisotopic (exact) mass is 347 g/mol. The molecule has 0 saturated carbocycles. The highest BCUT2D eigenvalue weighted by Crippen LogP contribution is 2.17. The summed E-state index contributed by atoms with van der Waals surface area (Å²) in [5.74, 6) is 0.420. The van der Waals surface area contributed by atoms with Crippen LogP contribution in [0.4, 0.5) is 16.2 Å². The summed E-state index contributed by atoms with van der Waals surface area (Å²) in [4.78, 5) is 24.8. The molecule has 0 bridgehead atoms. The number of amides is 3. The Morgan fingerprint density at radius 1 is 1.04 bits per heavy atom. The van der Waals surface area contributed by atoms with E-state index in [1.807, 2.05) is 0 Å². The van der Waals surface area contributed by atoms with Crippen molar-refractivity contribution < 1.29 is 14.3 Å². The predicted molar refractivity (Wildman–Crippen MR) is 94.7 cm³/mol. The van der Waals surface area contributed by atoms with Crippen LogP contribution in [0.3, 0.4) is 0 Å². The lowest BCUT2D eigenvalue weighted by atomic mass is 10.3. The largest absolute Gasteiger partial charge is 0.484 e. The van der Waals surface area contributed by atoms with E-state index >= 15 is 0 Å². The van der Waals surface area contributed by atoms with Gasteiger partial charge in [-0.1, -0.05) is 17.7 Å². The van der Waals surface area contributed by atoms with Crippen molar-refractivity contribution in [2.45, 2.75) is 0 Å². The van der Waals surface area contributed by atoms with Gasteiger partial charge in [-0.2, -0.15) is 0 Å². The molecule has 24 heavy (non-hydrogen) atoms. The van der Waals surface area contributed by atoms with Crippen LogP contribution in [0, 0.1) is 0 Å². The van der Waals surface area contributed by atoms with E-state index in [0.29, 0.717) is 22.1 Å². The van der Waals surface area contributed by atoms with Crippen molar-refractivity contribution in [3.05, 3.63) is 53.6 Å². The summed E-state index contributed by atoms with van der Waals surface area (Å²) in [6.07, 6.45) is 0. The Morgan fingerprint density at radius 3 is 2.33 bits per heavy atom. The van der Waals surface area contributed by atoms with Crippen LogP contribution in [0.15, 0.2) is 48.5 Å². The Labute approximate surface area is 145 Å². The second-order valence-corrected chi connectivity index (χ2v) is 5.63. The summed E-state index contributed by atoms with van der Waals surface area (Å²) in [6.45, 7) is -0.0327. The van der Waals surface area contributed by atoms with Gasteiger partial charge in [0, 0.05) is 30.5 Å². The quantitative estimate of drug-likeness (QED) is 0.870. The molecule has 0 spiro atoms. The molecule has 0 heterocycles. The second kappa shape index (κ2) is 8.21. The third kappa shape index (κ3) is 5.48. The molecule has 0 atom stereocenters. The number of benzene rings is 2. The van der Waals surface area contributed by atoms with Gasteiger partial charge in [0.25, 0.3) is 5.91 Å². The van der Waals surface area contributed by atoms with Crippen LogP contribution < -0.4 is 15.4 Å². The first-order valence-electron chi connectivity index (χ1n) is 7.20. The summed E-state index contributed by atoms with van der Waals surface area (Å²) in [5, 5.41) is 5.92. The molecule has 2 aromatic carbocycles. The molecule has 0 aliphatic rings. The van der Waals surface area contributed by atoms with Gasteiger partial charge in [0.15, 0.2) is 6.61 Å². The zero-order valence-corrected chi connectivity index (χ0v) is 14.1. The van der Waals surface area contributed by atoms with Crippen molar-refractivity contribution in [3.63, 3.8) is 0 Å². The molecule has 6 nitrogen and oxygen atoms in total. The first-order chi connectivity index (χ1) is 11.4. The van der Waals surface area contributed by atoms with Gasteiger partial charge in [0.1, 0.15) is 5.75 Å². The highest BCUT2D eigenvalue weighted by Gasteiger charge is 2.06. The molecule has 0 radical (unpaired) electrons. The first kappa shape index (κ1) is 17.6. The van der Waals surface area contributed by atoms with Gasteiger partial charge in [0.2, 0.25) is 0 Å². The van der Waals surface area contributed by atoms with Crippen molar-refractivity contribution in [1.29, 1.82) is 0 Å². The maximum atomic E-state index is 11.9. The third-order valence-corrected chi connectivity index (χ3v) is 3.29. The lowest BCUT2D eigenvalue weighted by Crippen LogP contribution is -2.27. The number of hydrogen-bond donors (Lipinski definition) is 2. The topological polar surface area (TPSA) is 70.7 Å². The zero-order chi connectivity index (χ0) is 17.5. The molecule has 2 N–H and O–H groups in total. The fourth-order valence-electron chi connectivity index (χ4n) is 1.77. The number of halogens is 1. The van der Waals surface area contributed by atoms with Crippen molar-refractivity contribution in [3.8, 4) is 5.75 Å². The molecule has 126 valence electrons. The summed E-state index contributed by atoms with van der Waals surface area (Å²) < 4.78 is 5.36. The van der Waals surface area contributed by atoms with Gasteiger partial charge in [-0.15, -0.1) is 0 Å². The Hall–Kier alpha value is -2.73.